The van der Waals surface area contributed by atoms with E-state index in [1.165, 1.54) is 11.1 Å². The molecule has 1 amide bonds. The smallest absolute Gasteiger partial charge is 0.241 e. The molecule has 4 heterocycles. The lowest BCUT2D eigenvalue weighted by Gasteiger charge is -2.28. The fraction of sp³-hybridized carbons (Fsp3) is 0.385. The Hall–Kier alpha value is -2.90. The summed E-state index contributed by atoms with van der Waals surface area (Å²) in [7, 11) is 0. The van der Waals surface area contributed by atoms with Crippen LogP contribution in [0.1, 0.15) is 35.0 Å². The number of rotatable bonds is 4. The highest BCUT2D eigenvalue weighted by Crippen LogP contribution is 2.39. The second-order valence-electron chi connectivity index (χ2n) is 8.92. The topological polar surface area (TPSA) is 54.9 Å². The number of carbonyl (C=O) groups is 1. The maximum Gasteiger partial charge on any atom is 0.241 e. The summed E-state index contributed by atoms with van der Waals surface area (Å²) in [5.74, 6) is 1.80. The van der Waals surface area contributed by atoms with Crippen LogP contribution in [0.5, 0.6) is 11.5 Å². The lowest BCUT2D eigenvalue weighted by Crippen LogP contribution is -2.39. The minimum atomic E-state index is 0.176. The molecule has 1 fully saturated rings. The molecule has 0 spiro atoms. The molecule has 0 saturated carbocycles. The summed E-state index contributed by atoms with van der Waals surface area (Å²) in [6, 6.07) is 12.8. The molecule has 3 aromatic rings. The van der Waals surface area contributed by atoms with Crippen molar-refractivity contribution in [2.45, 2.75) is 32.2 Å². The Morgan fingerprint density at radius 3 is 2.85 bits per heavy atom. The van der Waals surface area contributed by atoms with Crippen molar-refractivity contribution in [3.05, 3.63) is 57.9 Å². The first-order valence-electron chi connectivity index (χ1n) is 11.6. The van der Waals surface area contributed by atoms with Gasteiger partial charge in [0.2, 0.25) is 5.91 Å². The zero-order chi connectivity index (χ0) is 22.4. The van der Waals surface area contributed by atoms with Gasteiger partial charge < -0.3 is 14.4 Å². The van der Waals surface area contributed by atoms with E-state index in [9.17, 15) is 4.79 Å². The average Bonchev–Trinajstić information content (AvgIpc) is 3.58. The molecule has 1 aromatic heterocycles. The predicted octanol–water partition coefficient (Wildman–Crippen LogP) is 4.62. The third-order valence-electron chi connectivity index (χ3n) is 6.84. The molecule has 7 heteroatoms. The number of amides is 1. The van der Waals surface area contributed by atoms with Gasteiger partial charge in [-0.15, -0.1) is 11.3 Å². The van der Waals surface area contributed by atoms with Crippen LogP contribution in [0.25, 0.3) is 11.3 Å². The van der Waals surface area contributed by atoms with Crippen LogP contribution >= 0.6 is 11.3 Å². The molecule has 2 aromatic carbocycles. The van der Waals surface area contributed by atoms with Crippen molar-refractivity contribution in [2.75, 3.05) is 37.7 Å². The fourth-order valence-electron chi connectivity index (χ4n) is 5.24. The van der Waals surface area contributed by atoms with E-state index in [1.807, 2.05) is 17.9 Å². The number of aromatic nitrogens is 1. The predicted molar refractivity (Wildman–Crippen MR) is 129 cm³/mol. The maximum atomic E-state index is 13.4. The van der Waals surface area contributed by atoms with Crippen molar-refractivity contribution in [3.8, 4) is 22.8 Å². The molecule has 0 bridgehead atoms. The molecule has 6 rings (SSSR count). The summed E-state index contributed by atoms with van der Waals surface area (Å²) >= 11 is 1.67. The molecule has 170 valence electrons. The van der Waals surface area contributed by atoms with Gasteiger partial charge in [-0.2, -0.15) is 0 Å². The average molecular weight is 462 g/mol. The highest BCUT2D eigenvalue weighted by molar-refractivity contribution is 7.09. The number of hydrogen-bond donors (Lipinski definition) is 0. The summed E-state index contributed by atoms with van der Waals surface area (Å²) in [6.45, 7) is 5.33. The minimum absolute atomic E-state index is 0.176. The molecule has 1 unspecified atom stereocenters. The summed E-state index contributed by atoms with van der Waals surface area (Å²) in [5.41, 5.74) is 5.63. The van der Waals surface area contributed by atoms with E-state index < -0.39 is 0 Å². The second-order valence-corrected chi connectivity index (χ2v) is 9.98. The van der Waals surface area contributed by atoms with Crippen molar-refractivity contribution in [2.24, 2.45) is 0 Å². The molecule has 1 atom stereocenters. The Kier molecular flexibility index (Phi) is 5.31. The van der Waals surface area contributed by atoms with Crippen molar-refractivity contribution < 1.29 is 14.3 Å². The van der Waals surface area contributed by atoms with Crippen molar-refractivity contribution >= 4 is 22.9 Å². The van der Waals surface area contributed by atoms with E-state index >= 15 is 0 Å². The lowest BCUT2D eigenvalue weighted by molar-refractivity contribution is -0.119. The highest BCUT2D eigenvalue weighted by atomic mass is 32.1. The van der Waals surface area contributed by atoms with Crippen LogP contribution in [-0.4, -0.2) is 48.6 Å². The van der Waals surface area contributed by atoms with Gasteiger partial charge in [0.15, 0.2) is 11.5 Å². The van der Waals surface area contributed by atoms with Crippen molar-refractivity contribution in [3.63, 3.8) is 0 Å². The number of thiazole rings is 1. The van der Waals surface area contributed by atoms with Crippen LogP contribution in [0, 0.1) is 6.92 Å². The highest BCUT2D eigenvalue weighted by Gasteiger charge is 2.32. The van der Waals surface area contributed by atoms with E-state index in [2.05, 4.69) is 45.6 Å². The molecule has 6 nitrogen and oxygen atoms in total. The monoisotopic (exact) mass is 461 g/mol. The molecule has 3 aliphatic rings. The third kappa shape index (κ3) is 3.89. The standard InChI is InChI=1S/C26H27N3O3S/c1-17-27-21(16-33-17)18-4-6-23-20(13-18)8-10-29(23)26(30)15-28-9-2-3-22(28)19-5-7-24-25(14-19)32-12-11-31-24/h4-7,13-14,16,22H,2-3,8-12,15H2,1H3. The van der Waals surface area contributed by atoms with Crippen molar-refractivity contribution in [1.82, 2.24) is 9.88 Å². The van der Waals surface area contributed by atoms with Gasteiger partial charge in [-0.05, 0) is 68.1 Å². The quantitative estimate of drug-likeness (QED) is 0.568. The Bertz CT molecular complexity index is 1210. The first-order valence-corrected chi connectivity index (χ1v) is 12.5. The van der Waals surface area contributed by atoms with Crippen LogP contribution in [0.2, 0.25) is 0 Å². The molecule has 3 aliphatic heterocycles. The maximum absolute atomic E-state index is 13.4. The zero-order valence-electron chi connectivity index (χ0n) is 18.8. The van der Waals surface area contributed by atoms with Gasteiger partial charge in [-0.25, -0.2) is 4.98 Å². The van der Waals surface area contributed by atoms with Crippen LogP contribution in [-0.2, 0) is 11.2 Å². The number of nitrogens with zero attached hydrogens (tertiary/aromatic N) is 3. The molecular weight excluding hydrogens is 434 g/mol. The van der Waals surface area contributed by atoms with E-state index in [4.69, 9.17) is 9.47 Å². The molecule has 0 radical (unpaired) electrons. The Balaban J connectivity index is 1.18. The van der Waals surface area contributed by atoms with Gasteiger partial charge in [0.05, 0.1) is 17.2 Å². The Labute approximate surface area is 197 Å². The van der Waals surface area contributed by atoms with Crippen LogP contribution in [0.4, 0.5) is 5.69 Å². The molecular formula is C26H27N3O3S. The Morgan fingerprint density at radius 1 is 1.12 bits per heavy atom. The minimum Gasteiger partial charge on any atom is -0.486 e. The van der Waals surface area contributed by atoms with Gasteiger partial charge in [0.1, 0.15) is 13.2 Å². The number of fused-ring (bicyclic) bond motifs is 2. The largest absolute Gasteiger partial charge is 0.486 e. The Morgan fingerprint density at radius 2 is 2.00 bits per heavy atom. The van der Waals surface area contributed by atoms with Gasteiger partial charge in [0.25, 0.3) is 0 Å². The van der Waals surface area contributed by atoms with Crippen LogP contribution < -0.4 is 14.4 Å². The van der Waals surface area contributed by atoms with E-state index in [-0.39, 0.29) is 11.9 Å². The molecule has 1 saturated heterocycles. The van der Waals surface area contributed by atoms with Gasteiger partial charge >= 0.3 is 0 Å². The number of hydrogen-bond acceptors (Lipinski definition) is 6. The molecule has 33 heavy (non-hydrogen) atoms. The molecule has 0 N–H and O–H groups in total. The van der Waals surface area contributed by atoms with Gasteiger partial charge in [-0.1, -0.05) is 12.1 Å². The first-order chi connectivity index (χ1) is 16.2. The number of benzene rings is 2. The summed E-state index contributed by atoms with van der Waals surface area (Å²) in [6.07, 6.45) is 3.04. The molecule has 0 aliphatic carbocycles. The number of likely N-dealkylation sites (tertiary alicyclic amines) is 1. The number of aryl methyl sites for hydroxylation is 1. The van der Waals surface area contributed by atoms with Crippen LogP contribution in [0.3, 0.4) is 0 Å². The normalized spacial score (nSPS) is 19.7. The van der Waals surface area contributed by atoms with Gasteiger partial charge in [-0.3, -0.25) is 9.69 Å². The number of anilines is 1. The summed E-state index contributed by atoms with van der Waals surface area (Å²) in [4.78, 5) is 22.2. The lowest BCUT2D eigenvalue weighted by atomic mass is 10.0. The summed E-state index contributed by atoms with van der Waals surface area (Å²) in [5, 5.41) is 3.17. The summed E-state index contributed by atoms with van der Waals surface area (Å²) < 4.78 is 11.4. The van der Waals surface area contributed by atoms with Crippen LogP contribution in [0.15, 0.2) is 41.8 Å². The first kappa shape index (κ1) is 20.7. The van der Waals surface area contributed by atoms with E-state index in [0.717, 1.165) is 65.8 Å². The number of carbonyl (C=O) groups excluding carboxylic acids is 1. The van der Waals surface area contributed by atoms with E-state index in [1.54, 1.807) is 11.3 Å². The zero-order valence-corrected chi connectivity index (χ0v) is 19.6. The van der Waals surface area contributed by atoms with E-state index in [0.29, 0.717) is 19.8 Å². The number of ether oxygens (including phenoxy) is 2. The van der Waals surface area contributed by atoms with Crippen molar-refractivity contribution in [1.29, 1.82) is 0 Å². The second kappa shape index (κ2) is 8.47. The fourth-order valence-corrected chi connectivity index (χ4v) is 5.86. The third-order valence-corrected chi connectivity index (χ3v) is 7.62. The SMILES string of the molecule is Cc1nc(-c2ccc3c(c2)CCN3C(=O)CN2CCCC2c2ccc3c(c2)OCCO3)cs1. The van der Waals surface area contributed by atoms with Gasteiger partial charge in [0, 0.05) is 29.2 Å².